The predicted molar refractivity (Wildman–Crippen MR) is 157 cm³/mol. The van der Waals surface area contributed by atoms with E-state index < -0.39 is 11.7 Å². The predicted octanol–water partition coefficient (Wildman–Crippen LogP) is 8.45. The molecule has 0 saturated heterocycles. The Bertz CT molecular complexity index is 1570. The number of alkyl halides is 3. The summed E-state index contributed by atoms with van der Waals surface area (Å²) in [6.07, 6.45) is 5.69. The van der Waals surface area contributed by atoms with Gasteiger partial charge < -0.3 is 10.7 Å². The molecule has 206 valence electrons. The number of nitrogens with zero attached hydrogens (tertiary/aromatic N) is 2. The fourth-order valence-electron chi connectivity index (χ4n) is 4.35. The summed E-state index contributed by atoms with van der Waals surface area (Å²) in [5.41, 5.74) is 12.2. The lowest BCUT2D eigenvalue weighted by molar-refractivity contribution is -0.137. The number of fused-ring (bicyclic) bond motifs is 1. The second-order valence-electron chi connectivity index (χ2n) is 9.30. The van der Waals surface area contributed by atoms with Crippen LogP contribution in [0.25, 0.3) is 11.0 Å². The van der Waals surface area contributed by atoms with Crippen LogP contribution in [0.1, 0.15) is 45.0 Å². The number of halogens is 4. The van der Waals surface area contributed by atoms with Crippen molar-refractivity contribution in [1.29, 1.82) is 0 Å². The highest BCUT2D eigenvalue weighted by Crippen LogP contribution is 2.35. The van der Waals surface area contributed by atoms with Gasteiger partial charge in [-0.25, -0.2) is 4.98 Å². The number of nitrogens with one attached hydrogen (secondary N) is 1. The molecule has 1 atom stereocenters. The number of anilines is 1. The van der Waals surface area contributed by atoms with Crippen LogP contribution >= 0.6 is 11.6 Å². The first-order chi connectivity index (χ1) is 19.0. The minimum absolute atomic E-state index is 0.296. The zero-order valence-electron chi connectivity index (χ0n) is 22.4. The van der Waals surface area contributed by atoms with E-state index in [1.54, 1.807) is 25.1 Å². The molecule has 5 aromatic rings. The van der Waals surface area contributed by atoms with E-state index in [4.69, 9.17) is 17.3 Å². The number of aromatic amines is 1. The third-order valence-corrected chi connectivity index (χ3v) is 6.64. The molecule has 3 N–H and O–H groups in total. The van der Waals surface area contributed by atoms with Crippen molar-refractivity contribution in [3.8, 4) is 12.8 Å². The molecule has 0 radical (unpaired) electrons. The quantitative estimate of drug-likeness (QED) is 0.216. The van der Waals surface area contributed by atoms with E-state index in [0.717, 1.165) is 16.6 Å². The van der Waals surface area contributed by atoms with Crippen LogP contribution in [-0.2, 0) is 12.6 Å². The lowest BCUT2D eigenvalue weighted by atomic mass is 9.87. The number of terminal acetylenes is 1. The zero-order chi connectivity index (χ0) is 29.4. The molecule has 4 nitrogen and oxygen atoms in total. The Balaban J connectivity index is 0.000000262. The molecule has 0 saturated carbocycles. The van der Waals surface area contributed by atoms with Crippen LogP contribution in [0, 0.1) is 33.6 Å². The van der Waals surface area contributed by atoms with Crippen LogP contribution in [-0.4, -0.2) is 15.0 Å². The Labute approximate surface area is 237 Å². The number of nitrogens with two attached hydrogens (primary N) is 1. The van der Waals surface area contributed by atoms with Gasteiger partial charge in [-0.05, 0) is 79.8 Å². The number of rotatable bonds is 4. The molecule has 40 heavy (non-hydrogen) atoms. The number of nitrogen functional groups attached to an aromatic ring is 1. The molecule has 0 aliphatic heterocycles. The van der Waals surface area contributed by atoms with Crippen LogP contribution < -0.4 is 5.73 Å². The molecule has 0 spiro atoms. The average molecular weight is 563 g/mol. The summed E-state index contributed by atoms with van der Waals surface area (Å²) in [6.45, 7) is 5.80. The van der Waals surface area contributed by atoms with Gasteiger partial charge in [0, 0.05) is 17.8 Å². The summed E-state index contributed by atoms with van der Waals surface area (Å²) in [4.78, 5) is 11.5. The highest BCUT2D eigenvalue weighted by atomic mass is 35.5. The Kier molecular flexibility index (Phi) is 9.98. The van der Waals surface area contributed by atoms with E-state index >= 15 is 0 Å². The van der Waals surface area contributed by atoms with Gasteiger partial charge in [-0.15, -0.1) is 12.8 Å². The number of H-pyrrole nitrogens is 1. The molecule has 0 aliphatic rings. The molecule has 3 aromatic carbocycles. The van der Waals surface area contributed by atoms with E-state index in [2.05, 4.69) is 47.7 Å². The molecule has 8 heteroatoms. The van der Waals surface area contributed by atoms with Gasteiger partial charge in [-0.3, -0.25) is 4.98 Å². The maximum Gasteiger partial charge on any atom is 0.416 e. The Morgan fingerprint density at radius 1 is 0.950 bits per heavy atom. The maximum atomic E-state index is 13.3. The molecular formula is C32H30ClF3N4. The second-order valence-corrected chi connectivity index (χ2v) is 9.74. The molecule has 2 heterocycles. The van der Waals surface area contributed by atoms with Gasteiger partial charge in [-0.2, -0.15) is 13.2 Å². The number of hydrogen-bond donors (Lipinski definition) is 2. The van der Waals surface area contributed by atoms with Crippen LogP contribution in [0.15, 0.2) is 79.0 Å². The number of hydrogen-bond acceptors (Lipinski definition) is 3. The van der Waals surface area contributed by atoms with Gasteiger partial charge in [0.1, 0.15) is 0 Å². The van der Waals surface area contributed by atoms with Crippen LogP contribution in [0.2, 0.25) is 5.02 Å². The maximum absolute atomic E-state index is 13.3. The van der Waals surface area contributed by atoms with Crippen molar-refractivity contribution in [2.75, 3.05) is 5.73 Å². The molecule has 2 aromatic heterocycles. The van der Waals surface area contributed by atoms with Gasteiger partial charge in [0.15, 0.2) is 5.95 Å². The molecular weight excluding hydrogens is 533 g/mol. The first-order valence-corrected chi connectivity index (χ1v) is 12.8. The summed E-state index contributed by atoms with van der Waals surface area (Å²) < 4.78 is 39.8. The SMILES string of the molecule is C#C.Cc1cc(C(Cc2ccccc2)c2ccc(Cl)cn2)cc(C(F)(F)F)c1.Cc1ccc2[nH]c(N)nc2c1C. The standard InChI is InChI=1S/C21H17ClF3N.C9H11N3.C2H2/c1-14-9-16(12-17(10-14)21(23,24)25)19(11-15-5-3-2-4-6-15)20-8-7-18(22)13-26-20;1-5-3-4-7-8(6(5)2)12-9(10)11-7;1-2/h2-10,12-13,19H,11H2,1H3;3-4H,1-2H3,(H3,10,11,12);1-2H. The molecule has 1 unspecified atom stereocenters. The number of pyridine rings is 1. The molecule has 0 fully saturated rings. The Hall–Kier alpha value is -4.28. The van der Waals surface area contributed by atoms with Crippen molar-refractivity contribution >= 4 is 28.6 Å². The van der Waals surface area contributed by atoms with Gasteiger partial charge in [0.25, 0.3) is 0 Å². The Morgan fingerprint density at radius 2 is 1.65 bits per heavy atom. The topological polar surface area (TPSA) is 67.6 Å². The lowest BCUT2D eigenvalue weighted by Crippen LogP contribution is -2.11. The van der Waals surface area contributed by atoms with Crippen LogP contribution in [0.4, 0.5) is 19.1 Å². The number of imidazole rings is 1. The second kappa shape index (κ2) is 13.2. The third-order valence-electron chi connectivity index (χ3n) is 6.42. The van der Waals surface area contributed by atoms with Gasteiger partial charge in [0.05, 0.1) is 21.6 Å². The fourth-order valence-corrected chi connectivity index (χ4v) is 4.46. The number of benzene rings is 3. The van der Waals surface area contributed by atoms with Crippen molar-refractivity contribution in [2.24, 2.45) is 0 Å². The van der Waals surface area contributed by atoms with E-state index in [1.807, 2.05) is 36.4 Å². The van der Waals surface area contributed by atoms with Crippen LogP contribution in [0.3, 0.4) is 0 Å². The normalized spacial score (nSPS) is 11.6. The average Bonchev–Trinajstić information content (AvgIpc) is 3.32. The van der Waals surface area contributed by atoms with Crippen molar-refractivity contribution < 1.29 is 13.2 Å². The summed E-state index contributed by atoms with van der Waals surface area (Å²) in [5, 5.41) is 0.493. The number of aryl methyl sites for hydroxylation is 3. The van der Waals surface area contributed by atoms with E-state index in [9.17, 15) is 13.2 Å². The van der Waals surface area contributed by atoms with Gasteiger partial charge in [0.2, 0.25) is 0 Å². The molecule has 0 amide bonds. The summed E-state index contributed by atoms with van der Waals surface area (Å²) in [7, 11) is 0. The van der Waals surface area contributed by atoms with Crippen molar-refractivity contribution in [3.05, 3.63) is 123 Å². The molecule has 0 bridgehead atoms. The van der Waals surface area contributed by atoms with Crippen molar-refractivity contribution in [2.45, 2.75) is 39.3 Å². The number of aromatic nitrogens is 3. The largest absolute Gasteiger partial charge is 0.416 e. The van der Waals surface area contributed by atoms with E-state index in [0.29, 0.717) is 34.2 Å². The highest BCUT2D eigenvalue weighted by molar-refractivity contribution is 6.30. The molecule has 5 rings (SSSR count). The van der Waals surface area contributed by atoms with Gasteiger partial charge in [-0.1, -0.05) is 59.6 Å². The minimum atomic E-state index is -4.38. The first-order valence-electron chi connectivity index (χ1n) is 12.4. The monoisotopic (exact) mass is 562 g/mol. The summed E-state index contributed by atoms with van der Waals surface area (Å²) in [6, 6.07) is 21.4. The summed E-state index contributed by atoms with van der Waals surface area (Å²) >= 11 is 5.92. The third kappa shape index (κ3) is 7.64. The summed E-state index contributed by atoms with van der Waals surface area (Å²) in [5.74, 6) is 0.189. The first kappa shape index (κ1) is 30.3. The Morgan fingerprint density at radius 3 is 2.27 bits per heavy atom. The van der Waals surface area contributed by atoms with E-state index in [-0.39, 0.29) is 5.92 Å². The van der Waals surface area contributed by atoms with E-state index in [1.165, 1.54) is 29.5 Å². The van der Waals surface area contributed by atoms with Gasteiger partial charge >= 0.3 is 6.18 Å². The minimum Gasteiger partial charge on any atom is -0.369 e. The van der Waals surface area contributed by atoms with Crippen LogP contribution in [0.5, 0.6) is 0 Å². The fraction of sp³-hybridized carbons (Fsp3) is 0.188. The zero-order valence-corrected chi connectivity index (χ0v) is 23.2. The molecule has 0 aliphatic carbocycles. The highest BCUT2D eigenvalue weighted by Gasteiger charge is 2.32. The van der Waals surface area contributed by atoms with Crippen molar-refractivity contribution in [3.63, 3.8) is 0 Å². The lowest BCUT2D eigenvalue weighted by Gasteiger charge is -2.20. The van der Waals surface area contributed by atoms with Crippen molar-refractivity contribution in [1.82, 2.24) is 15.0 Å². The smallest absolute Gasteiger partial charge is 0.369 e.